The van der Waals surface area contributed by atoms with Crippen molar-refractivity contribution in [3.8, 4) is 0 Å². The maximum absolute atomic E-state index is 11.7. The highest BCUT2D eigenvalue weighted by Gasteiger charge is 2.31. The number of hydrazone groups is 1. The molecular weight excluding hydrogens is 348 g/mol. The molecular formula is C16H19ClN4O2S. The minimum Gasteiger partial charge on any atom is -0.278 e. The molecule has 1 saturated heterocycles. The summed E-state index contributed by atoms with van der Waals surface area (Å²) in [5.74, 6) is 0.391. The summed E-state index contributed by atoms with van der Waals surface area (Å²) in [7, 11) is -2.94. The maximum Gasteiger partial charge on any atom is 0.152 e. The van der Waals surface area contributed by atoms with Gasteiger partial charge < -0.3 is 0 Å². The van der Waals surface area contributed by atoms with E-state index in [9.17, 15) is 8.42 Å². The molecule has 24 heavy (non-hydrogen) atoms. The van der Waals surface area contributed by atoms with Crippen LogP contribution in [0.4, 0.5) is 5.69 Å². The molecule has 1 aromatic carbocycles. The zero-order valence-electron chi connectivity index (χ0n) is 13.5. The number of aromatic nitrogens is 2. The monoisotopic (exact) mass is 366 g/mol. The van der Waals surface area contributed by atoms with Gasteiger partial charge >= 0.3 is 0 Å². The Balaban J connectivity index is 1.78. The van der Waals surface area contributed by atoms with Crippen LogP contribution in [-0.2, 0) is 9.84 Å². The fraction of sp³-hybridized carbons (Fsp3) is 0.375. The second kappa shape index (κ2) is 6.57. The van der Waals surface area contributed by atoms with Crippen molar-refractivity contribution in [3.63, 3.8) is 0 Å². The first-order valence-electron chi connectivity index (χ1n) is 7.66. The van der Waals surface area contributed by atoms with Crippen LogP contribution in [0.25, 0.3) is 0 Å². The summed E-state index contributed by atoms with van der Waals surface area (Å²) >= 11 is 5.94. The lowest BCUT2D eigenvalue weighted by Crippen LogP contribution is -2.14. The minimum atomic E-state index is -2.94. The van der Waals surface area contributed by atoms with E-state index in [1.165, 1.54) is 0 Å². The van der Waals surface area contributed by atoms with E-state index in [0.717, 1.165) is 22.6 Å². The van der Waals surface area contributed by atoms with Gasteiger partial charge in [0.15, 0.2) is 9.84 Å². The van der Waals surface area contributed by atoms with Crippen molar-refractivity contribution < 1.29 is 8.42 Å². The fourth-order valence-electron chi connectivity index (χ4n) is 2.92. The van der Waals surface area contributed by atoms with Crippen molar-refractivity contribution >= 4 is 33.3 Å². The Morgan fingerprint density at radius 1 is 1.42 bits per heavy atom. The molecule has 0 radical (unpaired) electrons. The van der Waals surface area contributed by atoms with E-state index < -0.39 is 9.84 Å². The molecule has 1 aromatic heterocycles. The van der Waals surface area contributed by atoms with Gasteiger partial charge in [-0.05, 0) is 38.5 Å². The highest BCUT2D eigenvalue weighted by molar-refractivity contribution is 7.91. The Morgan fingerprint density at radius 3 is 2.88 bits per heavy atom. The molecule has 8 heteroatoms. The summed E-state index contributed by atoms with van der Waals surface area (Å²) in [5, 5.41) is 9.38. The lowest BCUT2D eigenvalue weighted by Gasteiger charge is -2.10. The minimum absolute atomic E-state index is 0.0864. The summed E-state index contributed by atoms with van der Waals surface area (Å²) < 4.78 is 25.2. The predicted molar refractivity (Wildman–Crippen MR) is 96.7 cm³/mol. The molecule has 2 heterocycles. The number of nitrogens with one attached hydrogen (secondary N) is 1. The van der Waals surface area contributed by atoms with Crippen LogP contribution >= 0.6 is 11.6 Å². The molecule has 0 aliphatic carbocycles. The molecule has 1 atom stereocenters. The Kier molecular flexibility index (Phi) is 4.64. The molecule has 0 bridgehead atoms. The normalized spacial score (nSPS) is 19.9. The average molecular weight is 367 g/mol. The van der Waals surface area contributed by atoms with Crippen molar-refractivity contribution in [3.05, 3.63) is 46.2 Å². The van der Waals surface area contributed by atoms with Gasteiger partial charge in [-0.25, -0.2) is 8.42 Å². The number of rotatable bonds is 4. The number of nitrogens with zero attached hydrogens (tertiary/aromatic N) is 3. The first-order valence-corrected chi connectivity index (χ1v) is 9.86. The third-order valence-corrected chi connectivity index (χ3v) is 6.13. The number of hydrogen-bond donors (Lipinski definition) is 1. The van der Waals surface area contributed by atoms with Gasteiger partial charge in [-0.2, -0.15) is 10.2 Å². The van der Waals surface area contributed by atoms with Crippen LogP contribution in [0.3, 0.4) is 0 Å². The van der Waals surface area contributed by atoms with Gasteiger partial charge in [0.25, 0.3) is 0 Å². The van der Waals surface area contributed by atoms with E-state index in [1.807, 2.05) is 30.7 Å². The predicted octanol–water partition coefficient (Wildman–Crippen LogP) is 2.96. The molecule has 0 unspecified atom stereocenters. The summed E-state index contributed by atoms with van der Waals surface area (Å²) in [5.41, 5.74) is 6.37. The molecule has 1 aliphatic rings. The molecule has 0 saturated carbocycles. The Morgan fingerprint density at radius 2 is 2.21 bits per heavy atom. The van der Waals surface area contributed by atoms with Gasteiger partial charge in [-0.3, -0.25) is 10.1 Å². The molecule has 2 aromatic rings. The van der Waals surface area contributed by atoms with Crippen molar-refractivity contribution in [2.75, 3.05) is 16.9 Å². The van der Waals surface area contributed by atoms with E-state index in [4.69, 9.17) is 11.6 Å². The SMILES string of the molecule is Cc1nn([C@@H]2CCS(=O)(=O)C2)c(C)c1/C=N\Nc1cccc(Cl)c1. The van der Waals surface area contributed by atoms with E-state index in [2.05, 4.69) is 15.6 Å². The van der Waals surface area contributed by atoms with Gasteiger partial charge in [-0.15, -0.1) is 0 Å². The maximum atomic E-state index is 11.7. The Bertz CT molecular complexity index is 889. The number of anilines is 1. The number of aryl methyl sites for hydroxylation is 1. The summed E-state index contributed by atoms with van der Waals surface area (Å²) in [6, 6.07) is 7.21. The third-order valence-electron chi connectivity index (χ3n) is 4.15. The highest BCUT2D eigenvalue weighted by atomic mass is 35.5. The van der Waals surface area contributed by atoms with Gasteiger partial charge in [0.2, 0.25) is 0 Å². The number of hydrogen-bond acceptors (Lipinski definition) is 5. The number of halogens is 1. The van der Waals surface area contributed by atoms with Crippen LogP contribution in [0.5, 0.6) is 0 Å². The second-order valence-corrected chi connectivity index (χ2v) is 8.63. The number of benzene rings is 1. The van der Waals surface area contributed by atoms with Crippen molar-refractivity contribution in [1.29, 1.82) is 0 Å². The van der Waals surface area contributed by atoms with Crippen LogP contribution in [-0.4, -0.2) is 35.9 Å². The van der Waals surface area contributed by atoms with Crippen LogP contribution in [0.15, 0.2) is 29.4 Å². The van der Waals surface area contributed by atoms with E-state index in [1.54, 1.807) is 18.3 Å². The Hall–Kier alpha value is -1.86. The van der Waals surface area contributed by atoms with Gasteiger partial charge in [0.1, 0.15) is 0 Å². The van der Waals surface area contributed by atoms with Crippen molar-refractivity contribution in [1.82, 2.24) is 9.78 Å². The summed E-state index contributed by atoms with van der Waals surface area (Å²) in [4.78, 5) is 0. The first-order chi connectivity index (χ1) is 11.4. The van der Waals surface area contributed by atoms with Crippen LogP contribution < -0.4 is 5.43 Å². The lowest BCUT2D eigenvalue weighted by molar-refractivity contribution is 0.486. The zero-order valence-corrected chi connectivity index (χ0v) is 15.1. The van der Waals surface area contributed by atoms with E-state index in [0.29, 0.717) is 11.4 Å². The summed E-state index contributed by atoms with van der Waals surface area (Å²) in [6.45, 7) is 3.83. The molecule has 1 aliphatic heterocycles. The van der Waals surface area contributed by atoms with Gasteiger partial charge in [-0.1, -0.05) is 17.7 Å². The highest BCUT2D eigenvalue weighted by Crippen LogP contribution is 2.26. The smallest absolute Gasteiger partial charge is 0.152 e. The van der Waals surface area contributed by atoms with Crippen LogP contribution in [0.1, 0.15) is 29.4 Å². The molecule has 3 rings (SSSR count). The number of sulfone groups is 1. The van der Waals surface area contributed by atoms with Crippen molar-refractivity contribution in [2.45, 2.75) is 26.3 Å². The topological polar surface area (TPSA) is 76.3 Å². The van der Waals surface area contributed by atoms with E-state index >= 15 is 0 Å². The lowest BCUT2D eigenvalue weighted by atomic mass is 10.2. The Labute approximate surface area is 146 Å². The fourth-order valence-corrected chi connectivity index (χ4v) is 4.80. The van der Waals surface area contributed by atoms with Gasteiger partial charge in [0, 0.05) is 16.3 Å². The molecule has 1 fully saturated rings. The first kappa shape index (κ1) is 17.0. The molecule has 0 spiro atoms. The second-order valence-electron chi connectivity index (χ2n) is 5.97. The quantitative estimate of drug-likeness (QED) is 0.666. The molecule has 6 nitrogen and oxygen atoms in total. The molecule has 1 N–H and O–H groups in total. The average Bonchev–Trinajstić information content (AvgIpc) is 3.00. The standard InChI is InChI=1S/C16H19ClN4O2S/c1-11-16(9-18-19-14-5-3-4-13(17)8-14)12(2)21(20-11)15-6-7-24(22,23)10-15/h3-5,8-9,15,19H,6-7,10H2,1-2H3/b18-9-/t15-/m1/s1. The van der Waals surface area contributed by atoms with Crippen molar-refractivity contribution in [2.24, 2.45) is 5.10 Å². The van der Waals surface area contributed by atoms with Gasteiger partial charge in [0.05, 0.1) is 35.1 Å². The summed E-state index contributed by atoms with van der Waals surface area (Å²) in [6.07, 6.45) is 2.32. The van der Waals surface area contributed by atoms with Crippen LogP contribution in [0, 0.1) is 13.8 Å². The molecule has 0 amide bonds. The zero-order chi connectivity index (χ0) is 17.3. The van der Waals surface area contributed by atoms with Crippen LogP contribution in [0.2, 0.25) is 5.02 Å². The largest absolute Gasteiger partial charge is 0.278 e. The molecule has 128 valence electrons. The van der Waals surface area contributed by atoms with E-state index in [-0.39, 0.29) is 17.5 Å². The third kappa shape index (κ3) is 3.62.